The monoisotopic (exact) mass is 276 g/mol. The van der Waals surface area contributed by atoms with E-state index in [1.54, 1.807) is 0 Å². The second kappa shape index (κ2) is 6.59. The van der Waals surface area contributed by atoms with Crippen LogP contribution >= 0.6 is 0 Å². The number of nitrogens with one attached hydrogen (secondary N) is 1. The van der Waals surface area contributed by atoms with Gasteiger partial charge in [-0.2, -0.15) is 0 Å². The summed E-state index contributed by atoms with van der Waals surface area (Å²) in [6.45, 7) is 8.66. The summed E-state index contributed by atoms with van der Waals surface area (Å²) in [5.74, 6) is 0. The lowest BCUT2D eigenvalue weighted by Gasteiger charge is -2.33. The van der Waals surface area contributed by atoms with Crippen molar-refractivity contribution < 1.29 is 5.11 Å². The van der Waals surface area contributed by atoms with Crippen LogP contribution in [0, 0.1) is 6.92 Å². The maximum atomic E-state index is 9.69. The molecule has 3 nitrogen and oxygen atoms in total. The number of anilines is 1. The van der Waals surface area contributed by atoms with Crippen molar-refractivity contribution in [1.29, 1.82) is 0 Å². The van der Waals surface area contributed by atoms with E-state index in [1.165, 1.54) is 24.1 Å². The van der Waals surface area contributed by atoms with Gasteiger partial charge in [0.05, 0.1) is 6.61 Å². The fraction of sp³-hybridized carbons (Fsp3) is 0.647. The van der Waals surface area contributed by atoms with Gasteiger partial charge in [-0.15, -0.1) is 0 Å². The van der Waals surface area contributed by atoms with E-state index in [-0.39, 0.29) is 12.1 Å². The molecule has 1 unspecified atom stereocenters. The molecule has 0 heterocycles. The van der Waals surface area contributed by atoms with E-state index in [0.29, 0.717) is 6.04 Å². The summed E-state index contributed by atoms with van der Waals surface area (Å²) in [7, 11) is 0. The van der Waals surface area contributed by atoms with E-state index < -0.39 is 0 Å². The molecule has 0 aliphatic heterocycles. The SMILES string of the molecule is CCN(CCC(C)(CO)NC1CC1)c1ccccc1C. The molecule has 1 aliphatic carbocycles. The Morgan fingerprint density at radius 3 is 2.60 bits per heavy atom. The van der Waals surface area contributed by atoms with E-state index in [0.717, 1.165) is 19.5 Å². The molecule has 112 valence electrons. The number of hydrogen-bond acceptors (Lipinski definition) is 3. The molecule has 2 N–H and O–H groups in total. The highest BCUT2D eigenvalue weighted by Crippen LogP contribution is 2.25. The summed E-state index contributed by atoms with van der Waals surface area (Å²) >= 11 is 0. The summed E-state index contributed by atoms with van der Waals surface area (Å²) in [5.41, 5.74) is 2.47. The van der Waals surface area contributed by atoms with Crippen molar-refractivity contribution in [1.82, 2.24) is 5.32 Å². The summed E-state index contributed by atoms with van der Waals surface area (Å²) in [4.78, 5) is 2.40. The number of aryl methyl sites for hydroxylation is 1. The van der Waals surface area contributed by atoms with Crippen LogP contribution in [0.5, 0.6) is 0 Å². The van der Waals surface area contributed by atoms with Gasteiger partial charge in [-0.3, -0.25) is 0 Å². The summed E-state index contributed by atoms with van der Waals surface area (Å²) in [5, 5.41) is 13.3. The average Bonchev–Trinajstić information content (AvgIpc) is 3.25. The highest BCUT2D eigenvalue weighted by molar-refractivity contribution is 5.52. The number of hydrogen-bond donors (Lipinski definition) is 2. The Morgan fingerprint density at radius 2 is 2.05 bits per heavy atom. The third-order valence-electron chi connectivity index (χ3n) is 4.25. The first-order valence-corrected chi connectivity index (χ1v) is 7.77. The Labute approximate surface area is 123 Å². The van der Waals surface area contributed by atoms with Gasteiger partial charge in [0.25, 0.3) is 0 Å². The van der Waals surface area contributed by atoms with Crippen molar-refractivity contribution in [3.63, 3.8) is 0 Å². The number of para-hydroxylation sites is 1. The van der Waals surface area contributed by atoms with Crippen molar-refractivity contribution in [2.24, 2.45) is 0 Å². The Kier molecular flexibility index (Phi) is 5.06. The fourth-order valence-electron chi connectivity index (χ4n) is 2.67. The first-order valence-electron chi connectivity index (χ1n) is 7.77. The molecule has 1 atom stereocenters. The van der Waals surface area contributed by atoms with E-state index in [1.807, 2.05) is 0 Å². The first-order chi connectivity index (χ1) is 9.58. The Bertz CT molecular complexity index is 431. The maximum Gasteiger partial charge on any atom is 0.0611 e. The molecule has 3 heteroatoms. The van der Waals surface area contributed by atoms with Gasteiger partial charge in [0.2, 0.25) is 0 Å². The molecule has 0 saturated heterocycles. The van der Waals surface area contributed by atoms with E-state index in [9.17, 15) is 5.11 Å². The second-order valence-corrected chi connectivity index (χ2v) is 6.25. The molecule has 0 amide bonds. The zero-order chi connectivity index (χ0) is 14.6. The average molecular weight is 276 g/mol. The minimum atomic E-state index is -0.155. The van der Waals surface area contributed by atoms with Crippen LogP contribution in [0.1, 0.15) is 38.7 Å². The number of benzene rings is 1. The molecule has 1 aromatic rings. The smallest absolute Gasteiger partial charge is 0.0611 e. The highest BCUT2D eigenvalue weighted by atomic mass is 16.3. The maximum absolute atomic E-state index is 9.69. The quantitative estimate of drug-likeness (QED) is 0.766. The number of aliphatic hydroxyl groups is 1. The van der Waals surface area contributed by atoms with Crippen LogP contribution < -0.4 is 10.2 Å². The van der Waals surface area contributed by atoms with Gasteiger partial charge in [-0.25, -0.2) is 0 Å². The molecule has 1 fully saturated rings. The number of aliphatic hydroxyl groups excluding tert-OH is 1. The molecule has 0 spiro atoms. The molecule has 1 aliphatic rings. The minimum Gasteiger partial charge on any atom is -0.394 e. The van der Waals surface area contributed by atoms with Crippen LogP contribution in [0.15, 0.2) is 24.3 Å². The molecule has 1 aromatic carbocycles. The minimum absolute atomic E-state index is 0.155. The van der Waals surface area contributed by atoms with Crippen LogP contribution in [0.3, 0.4) is 0 Å². The van der Waals surface area contributed by atoms with Crippen molar-refractivity contribution in [3.8, 4) is 0 Å². The third-order valence-corrected chi connectivity index (χ3v) is 4.25. The normalized spacial score (nSPS) is 17.8. The second-order valence-electron chi connectivity index (χ2n) is 6.25. The fourth-order valence-corrected chi connectivity index (χ4v) is 2.67. The van der Waals surface area contributed by atoms with Crippen LogP contribution in [-0.4, -0.2) is 36.4 Å². The molecule has 0 radical (unpaired) electrons. The number of nitrogens with zero attached hydrogens (tertiary/aromatic N) is 1. The van der Waals surface area contributed by atoms with Gasteiger partial charge >= 0.3 is 0 Å². The van der Waals surface area contributed by atoms with Crippen LogP contribution in [0.2, 0.25) is 0 Å². The Balaban J connectivity index is 1.97. The van der Waals surface area contributed by atoms with Crippen molar-refractivity contribution in [3.05, 3.63) is 29.8 Å². The Hall–Kier alpha value is -1.06. The van der Waals surface area contributed by atoms with E-state index in [4.69, 9.17) is 0 Å². The predicted molar refractivity (Wildman–Crippen MR) is 85.3 cm³/mol. The van der Waals surface area contributed by atoms with Gasteiger partial charge < -0.3 is 15.3 Å². The number of rotatable bonds is 8. The first kappa shape index (κ1) is 15.3. The Morgan fingerprint density at radius 1 is 1.35 bits per heavy atom. The highest BCUT2D eigenvalue weighted by Gasteiger charge is 2.32. The lowest BCUT2D eigenvalue weighted by molar-refractivity contribution is 0.165. The zero-order valence-electron chi connectivity index (χ0n) is 13.0. The van der Waals surface area contributed by atoms with Gasteiger partial charge in [-0.1, -0.05) is 18.2 Å². The molecule has 0 bridgehead atoms. The lowest BCUT2D eigenvalue weighted by Crippen LogP contribution is -2.49. The van der Waals surface area contributed by atoms with Gasteiger partial charge in [-0.05, 0) is 51.7 Å². The lowest BCUT2D eigenvalue weighted by atomic mass is 9.98. The van der Waals surface area contributed by atoms with Gasteiger partial charge in [0, 0.05) is 30.4 Å². The predicted octanol–water partition coefficient (Wildman–Crippen LogP) is 2.71. The van der Waals surface area contributed by atoms with Crippen LogP contribution in [0.4, 0.5) is 5.69 Å². The molecule has 20 heavy (non-hydrogen) atoms. The summed E-state index contributed by atoms with van der Waals surface area (Å²) in [6, 6.07) is 9.15. The van der Waals surface area contributed by atoms with Gasteiger partial charge in [0.15, 0.2) is 0 Å². The largest absolute Gasteiger partial charge is 0.394 e. The topological polar surface area (TPSA) is 35.5 Å². The zero-order valence-corrected chi connectivity index (χ0v) is 13.0. The summed E-state index contributed by atoms with van der Waals surface area (Å²) in [6.07, 6.45) is 3.47. The van der Waals surface area contributed by atoms with E-state index >= 15 is 0 Å². The van der Waals surface area contributed by atoms with Crippen LogP contribution in [0.25, 0.3) is 0 Å². The molecule has 0 aromatic heterocycles. The summed E-state index contributed by atoms with van der Waals surface area (Å²) < 4.78 is 0. The molecular weight excluding hydrogens is 248 g/mol. The molecule has 2 rings (SSSR count). The van der Waals surface area contributed by atoms with Crippen LogP contribution in [-0.2, 0) is 0 Å². The van der Waals surface area contributed by atoms with E-state index in [2.05, 4.69) is 55.3 Å². The van der Waals surface area contributed by atoms with Gasteiger partial charge in [0.1, 0.15) is 0 Å². The van der Waals surface area contributed by atoms with Crippen molar-refractivity contribution in [2.75, 3.05) is 24.6 Å². The molecular formula is C17H28N2O. The van der Waals surface area contributed by atoms with Crippen molar-refractivity contribution >= 4 is 5.69 Å². The molecule has 1 saturated carbocycles. The third kappa shape index (κ3) is 3.97. The van der Waals surface area contributed by atoms with Crippen molar-refractivity contribution in [2.45, 2.75) is 51.6 Å². The standard InChI is InChI=1S/C17H28N2O/c1-4-19(16-8-6-5-7-14(16)2)12-11-17(3,13-20)18-15-9-10-15/h5-8,15,18,20H,4,9-13H2,1-3H3.